The second-order valence-electron chi connectivity index (χ2n) is 4.61. The van der Waals surface area contributed by atoms with E-state index in [9.17, 15) is 14.7 Å². The SMILES string of the molecule is CC(=O)C1=C(O)C(=O)N(C2CCCCC2)C1. The number of rotatable bonds is 2. The topological polar surface area (TPSA) is 57.6 Å². The first-order chi connectivity index (χ1) is 7.61. The summed E-state index contributed by atoms with van der Waals surface area (Å²) in [6.07, 6.45) is 5.46. The second-order valence-corrected chi connectivity index (χ2v) is 4.61. The third-order valence-electron chi connectivity index (χ3n) is 3.52. The molecule has 0 saturated heterocycles. The molecule has 0 aromatic heterocycles. The number of ketones is 1. The first-order valence-corrected chi connectivity index (χ1v) is 5.85. The highest BCUT2D eigenvalue weighted by atomic mass is 16.3. The predicted molar refractivity (Wildman–Crippen MR) is 58.9 cm³/mol. The predicted octanol–water partition coefficient (Wildman–Crippen LogP) is 1.56. The Morgan fingerprint density at radius 1 is 1.31 bits per heavy atom. The number of hydrogen-bond donors (Lipinski definition) is 1. The van der Waals surface area contributed by atoms with Crippen LogP contribution in [-0.4, -0.2) is 34.3 Å². The summed E-state index contributed by atoms with van der Waals surface area (Å²) in [7, 11) is 0. The Morgan fingerprint density at radius 2 is 1.94 bits per heavy atom. The van der Waals surface area contributed by atoms with E-state index in [0.29, 0.717) is 6.54 Å². The zero-order valence-electron chi connectivity index (χ0n) is 9.53. The van der Waals surface area contributed by atoms with Crippen molar-refractivity contribution in [3.8, 4) is 0 Å². The molecule has 2 aliphatic rings. The van der Waals surface area contributed by atoms with Crippen molar-refractivity contribution < 1.29 is 14.7 Å². The summed E-state index contributed by atoms with van der Waals surface area (Å²) < 4.78 is 0. The number of amides is 1. The fraction of sp³-hybridized carbons (Fsp3) is 0.667. The van der Waals surface area contributed by atoms with E-state index in [1.165, 1.54) is 13.3 Å². The third-order valence-corrected chi connectivity index (χ3v) is 3.52. The summed E-state index contributed by atoms with van der Waals surface area (Å²) in [5.74, 6) is -0.903. The number of aliphatic hydroxyl groups excluding tert-OH is 1. The molecule has 1 amide bonds. The standard InChI is InChI=1S/C12H17NO3/c1-8(14)10-7-13(12(16)11(10)15)9-5-3-2-4-6-9/h9,15H,2-7H2,1H3. The lowest BCUT2D eigenvalue weighted by Gasteiger charge is -2.30. The smallest absolute Gasteiger partial charge is 0.289 e. The minimum absolute atomic E-state index is 0.204. The molecule has 2 rings (SSSR count). The largest absolute Gasteiger partial charge is 0.503 e. The second kappa shape index (κ2) is 4.28. The quantitative estimate of drug-likeness (QED) is 0.773. The van der Waals surface area contributed by atoms with E-state index in [1.807, 2.05) is 0 Å². The van der Waals surface area contributed by atoms with Gasteiger partial charge in [-0.05, 0) is 19.8 Å². The average molecular weight is 223 g/mol. The average Bonchev–Trinajstić information content (AvgIpc) is 2.58. The maximum Gasteiger partial charge on any atom is 0.289 e. The molecule has 4 heteroatoms. The molecule has 0 aromatic rings. The molecule has 16 heavy (non-hydrogen) atoms. The molecule has 1 fully saturated rings. The van der Waals surface area contributed by atoms with E-state index in [0.717, 1.165) is 25.7 Å². The van der Waals surface area contributed by atoms with Crippen molar-refractivity contribution in [1.82, 2.24) is 4.90 Å². The molecule has 1 aliphatic heterocycles. The zero-order valence-corrected chi connectivity index (χ0v) is 9.53. The molecule has 0 bridgehead atoms. The van der Waals surface area contributed by atoms with Gasteiger partial charge in [-0.1, -0.05) is 19.3 Å². The Bertz CT molecular complexity index is 353. The monoisotopic (exact) mass is 223 g/mol. The first-order valence-electron chi connectivity index (χ1n) is 5.85. The summed E-state index contributed by atoms with van der Waals surface area (Å²) >= 11 is 0. The molecule has 1 N–H and O–H groups in total. The lowest BCUT2D eigenvalue weighted by Crippen LogP contribution is -2.39. The number of hydrogen-bond acceptors (Lipinski definition) is 3. The molecule has 88 valence electrons. The lowest BCUT2D eigenvalue weighted by atomic mass is 9.94. The van der Waals surface area contributed by atoms with Crippen LogP contribution in [0.15, 0.2) is 11.3 Å². The zero-order chi connectivity index (χ0) is 11.7. The molecular formula is C12H17NO3. The van der Waals surface area contributed by atoms with E-state index in [4.69, 9.17) is 0 Å². The van der Waals surface area contributed by atoms with Gasteiger partial charge in [-0.3, -0.25) is 9.59 Å². The number of nitrogens with zero attached hydrogens (tertiary/aromatic N) is 1. The molecule has 0 aromatic carbocycles. The molecule has 0 radical (unpaired) electrons. The van der Waals surface area contributed by atoms with Crippen LogP contribution in [-0.2, 0) is 9.59 Å². The van der Waals surface area contributed by atoms with Gasteiger partial charge in [-0.2, -0.15) is 0 Å². The molecule has 4 nitrogen and oxygen atoms in total. The van der Waals surface area contributed by atoms with Gasteiger partial charge in [0.2, 0.25) is 0 Å². The molecule has 1 aliphatic carbocycles. The van der Waals surface area contributed by atoms with Gasteiger partial charge in [0, 0.05) is 6.04 Å². The minimum atomic E-state index is -0.364. The van der Waals surface area contributed by atoms with Crippen molar-refractivity contribution in [3.05, 3.63) is 11.3 Å². The summed E-state index contributed by atoms with van der Waals surface area (Å²) in [6, 6.07) is 0.209. The van der Waals surface area contributed by atoms with Crippen LogP contribution in [0.3, 0.4) is 0 Å². The minimum Gasteiger partial charge on any atom is -0.503 e. The van der Waals surface area contributed by atoms with Crippen LogP contribution in [0.2, 0.25) is 0 Å². The van der Waals surface area contributed by atoms with Crippen molar-refractivity contribution in [2.75, 3.05) is 6.54 Å². The van der Waals surface area contributed by atoms with Gasteiger partial charge in [0.25, 0.3) is 5.91 Å². The van der Waals surface area contributed by atoms with Crippen LogP contribution < -0.4 is 0 Å². The maximum absolute atomic E-state index is 11.8. The van der Waals surface area contributed by atoms with E-state index < -0.39 is 0 Å². The highest BCUT2D eigenvalue weighted by Gasteiger charge is 2.36. The Kier molecular flexibility index (Phi) is 2.99. The maximum atomic E-state index is 11.8. The van der Waals surface area contributed by atoms with E-state index >= 15 is 0 Å². The van der Waals surface area contributed by atoms with Gasteiger partial charge in [0.1, 0.15) is 0 Å². The number of aliphatic hydroxyl groups is 1. The van der Waals surface area contributed by atoms with E-state index in [-0.39, 0.29) is 29.1 Å². The normalized spacial score (nSPS) is 23.1. The van der Waals surface area contributed by atoms with Gasteiger partial charge in [-0.15, -0.1) is 0 Å². The Morgan fingerprint density at radius 3 is 2.44 bits per heavy atom. The van der Waals surface area contributed by atoms with Crippen molar-refractivity contribution in [3.63, 3.8) is 0 Å². The van der Waals surface area contributed by atoms with Gasteiger partial charge < -0.3 is 10.0 Å². The summed E-state index contributed by atoms with van der Waals surface area (Å²) in [5, 5.41) is 9.60. The van der Waals surface area contributed by atoms with Crippen LogP contribution in [0.4, 0.5) is 0 Å². The fourth-order valence-corrected chi connectivity index (χ4v) is 2.55. The highest BCUT2D eigenvalue weighted by Crippen LogP contribution is 2.28. The van der Waals surface area contributed by atoms with Crippen LogP contribution in [0.25, 0.3) is 0 Å². The molecule has 0 atom stereocenters. The Balaban J connectivity index is 2.11. The van der Waals surface area contributed by atoms with Gasteiger partial charge >= 0.3 is 0 Å². The summed E-state index contributed by atoms with van der Waals surface area (Å²) in [5.41, 5.74) is 0.274. The van der Waals surface area contributed by atoms with Crippen LogP contribution in [0, 0.1) is 0 Å². The lowest BCUT2D eigenvalue weighted by molar-refractivity contribution is -0.130. The first kappa shape index (κ1) is 11.2. The van der Waals surface area contributed by atoms with Gasteiger partial charge in [0.05, 0.1) is 12.1 Å². The summed E-state index contributed by atoms with van der Waals surface area (Å²) in [4.78, 5) is 24.7. The fourth-order valence-electron chi connectivity index (χ4n) is 2.55. The Labute approximate surface area is 94.9 Å². The Hall–Kier alpha value is -1.32. The number of carbonyl (C=O) groups is 2. The molecule has 0 spiro atoms. The van der Waals surface area contributed by atoms with Crippen LogP contribution in [0.1, 0.15) is 39.0 Å². The number of Topliss-reactive ketones (excluding diaryl/α,β-unsaturated/α-hetero) is 1. The number of carbonyl (C=O) groups excluding carboxylic acids is 2. The molecule has 1 saturated carbocycles. The highest BCUT2D eigenvalue weighted by molar-refractivity contribution is 6.07. The van der Waals surface area contributed by atoms with Crippen molar-refractivity contribution >= 4 is 11.7 Å². The molecular weight excluding hydrogens is 206 g/mol. The molecule has 0 unspecified atom stereocenters. The van der Waals surface area contributed by atoms with Gasteiger partial charge in [-0.25, -0.2) is 0 Å². The van der Waals surface area contributed by atoms with Crippen molar-refractivity contribution in [2.24, 2.45) is 0 Å². The van der Waals surface area contributed by atoms with Crippen LogP contribution in [0.5, 0.6) is 0 Å². The van der Waals surface area contributed by atoms with Crippen LogP contribution >= 0.6 is 0 Å². The third kappa shape index (κ3) is 1.84. The summed E-state index contributed by atoms with van der Waals surface area (Å²) in [6.45, 7) is 1.69. The van der Waals surface area contributed by atoms with Gasteiger partial charge in [0.15, 0.2) is 11.5 Å². The van der Waals surface area contributed by atoms with Crippen molar-refractivity contribution in [1.29, 1.82) is 0 Å². The van der Waals surface area contributed by atoms with E-state index in [2.05, 4.69) is 0 Å². The van der Waals surface area contributed by atoms with E-state index in [1.54, 1.807) is 4.90 Å². The van der Waals surface area contributed by atoms with Crippen molar-refractivity contribution in [2.45, 2.75) is 45.1 Å². The molecule has 1 heterocycles.